The average molecular weight is 294 g/mol. The molecule has 1 amide bonds. The molecule has 0 fully saturated rings. The minimum absolute atomic E-state index is 0.282. The Morgan fingerprint density at radius 2 is 2.15 bits per heavy atom. The number of carbonyl (C=O) groups excluding carboxylic acids is 1. The molecule has 0 aliphatic carbocycles. The number of halogens is 1. The molecule has 0 bridgehead atoms. The molecule has 1 N–H and O–H groups in total. The van der Waals surface area contributed by atoms with Crippen LogP contribution in [0.2, 0.25) is 5.15 Å². The van der Waals surface area contributed by atoms with Crippen LogP contribution in [0.1, 0.15) is 12.0 Å². The van der Waals surface area contributed by atoms with E-state index in [-0.39, 0.29) is 6.61 Å². The highest BCUT2D eigenvalue weighted by molar-refractivity contribution is 6.29. The molecule has 0 saturated heterocycles. The molecule has 0 radical (unpaired) electrons. The maximum Gasteiger partial charge on any atom is 0.407 e. The quantitative estimate of drug-likeness (QED) is 0.833. The smallest absolute Gasteiger partial charge is 0.407 e. The largest absolute Gasteiger partial charge is 0.445 e. The van der Waals surface area contributed by atoms with Crippen LogP contribution in [-0.2, 0) is 17.9 Å². The van der Waals surface area contributed by atoms with Crippen molar-refractivity contribution in [2.75, 3.05) is 6.54 Å². The van der Waals surface area contributed by atoms with Crippen molar-refractivity contribution in [3.8, 4) is 0 Å². The van der Waals surface area contributed by atoms with Crippen molar-refractivity contribution >= 4 is 17.7 Å². The maximum absolute atomic E-state index is 11.5. The zero-order valence-corrected chi connectivity index (χ0v) is 11.7. The topological polar surface area (TPSA) is 56.2 Å². The Hall–Kier alpha value is -2.01. The lowest BCUT2D eigenvalue weighted by Gasteiger charge is -2.07. The first-order valence-electron chi connectivity index (χ1n) is 6.36. The molecule has 0 aliphatic heterocycles. The molecular formula is C14H16ClN3O2. The van der Waals surface area contributed by atoms with Crippen LogP contribution in [0, 0.1) is 0 Å². The number of hydrogen-bond acceptors (Lipinski definition) is 3. The van der Waals surface area contributed by atoms with Gasteiger partial charge in [-0.1, -0.05) is 41.9 Å². The van der Waals surface area contributed by atoms with Crippen molar-refractivity contribution in [1.82, 2.24) is 14.9 Å². The third-order valence-corrected chi connectivity index (χ3v) is 2.87. The van der Waals surface area contributed by atoms with Gasteiger partial charge in [-0.25, -0.2) is 9.78 Å². The van der Waals surface area contributed by atoms with E-state index >= 15 is 0 Å². The van der Waals surface area contributed by atoms with Crippen LogP contribution in [0.15, 0.2) is 42.9 Å². The number of imidazole rings is 1. The highest BCUT2D eigenvalue weighted by atomic mass is 35.5. The van der Waals surface area contributed by atoms with Crippen molar-refractivity contribution in [3.63, 3.8) is 0 Å². The lowest BCUT2D eigenvalue weighted by molar-refractivity contribution is 0.139. The number of amides is 1. The maximum atomic E-state index is 11.5. The van der Waals surface area contributed by atoms with Crippen LogP contribution in [0.3, 0.4) is 0 Å². The molecule has 0 unspecified atom stereocenters. The van der Waals surface area contributed by atoms with Crippen LogP contribution in [0.5, 0.6) is 0 Å². The summed E-state index contributed by atoms with van der Waals surface area (Å²) < 4.78 is 6.97. The SMILES string of the molecule is O=C(NCCCn1cnc(Cl)c1)OCc1ccccc1. The van der Waals surface area contributed by atoms with E-state index in [2.05, 4.69) is 10.3 Å². The molecule has 5 nitrogen and oxygen atoms in total. The summed E-state index contributed by atoms with van der Waals surface area (Å²) in [6.07, 6.45) is 3.79. The normalized spacial score (nSPS) is 10.2. The molecule has 0 spiro atoms. The second-order valence-corrected chi connectivity index (χ2v) is 4.66. The summed E-state index contributed by atoms with van der Waals surface area (Å²) in [5, 5.41) is 3.17. The third-order valence-electron chi connectivity index (χ3n) is 2.68. The van der Waals surface area contributed by atoms with Gasteiger partial charge in [-0.3, -0.25) is 0 Å². The Labute approximate surface area is 122 Å². The van der Waals surface area contributed by atoms with Crippen molar-refractivity contribution < 1.29 is 9.53 Å². The molecule has 1 aromatic carbocycles. The number of hydrogen-bond donors (Lipinski definition) is 1. The van der Waals surface area contributed by atoms with Gasteiger partial charge in [-0.15, -0.1) is 0 Å². The van der Waals surface area contributed by atoms with Crippen LogP contribution < -0.4 is 5.32 Å². The summed E-state index contributed by atoms with van der Waals surface area (Å²) in [6, 6.07) is 9.57. The summed E-state index contributed by atoms with van der Waals surface area (Å²) in [5.41, 5.74) is 0.968. The molecule has 0 atom stereocenters. The first-order valence-corrected chi connectivity index (χ1v) is 6.73. The molecule has 0 aliphatic rings. The van der Waals surface area contributed by atoms with Crippen LogP contribution in [0.25, 0.3) is 0 Å². The van der Waals surface area contributed by atoms with Crippen molar-refractivity contribution in [1.29, 1.82) is 0 Å². The number of alkyl carbamates (subject to hydrolysis) is 1. The van der Waals surface area contributed by atoms with E-state index in [0.717, 1.165) is 18.5 Å². The van der Waals surface area contributed by atoms with E-state index in [4.69, 9.17) is 16.3 Å². The molecule has 6 heteroatoms. The molecule has 20 heavy (non-hydrogen) atoms. The Morgan fingerprint density at radius 1 is 1.35 bits per heavy atom. The van der Waals surface area contributed by atoms with Gasteiger partial charge < -0.3 is 14.6 Å². The number of rotatable bonds is 6. The minimum Gasteiger partial charge on any atom is -0.445 e. The van der Waals surface area contributed by atoms with Crippen molar-refractivity contribution in [2.45, 2.75) is 19.6 Å². The number of aromatic nitrogens is 2. The average Bonchev–Trinajstić information content (AvgIpc) is 2.88. The Bertz CT molecular complexity index is 542. The van der Waals surface area contributed by atoms with Crippen molar-refractivity contribution in [3.05, 3.63) is 53.6 Å². The fraction of sp³-hybridized carbons (Fsp3) is 0.286. The Kier molecular flexibility index (Phi) is 5.43. The molecule has 2 aromatic rings. The van der Waals surface area contributed by atoms with Crippen LogP contribution in [0.4, 0.5) is 4.79 Å². The second-order valence-electron chi connectivity index (χ2n) is 4.28. The van der Waals surface area contributed by atoms with Gasteiger partial charge in [0.25, 0.3) is 0 Å². The summed E-state index contributed by atoms with van der Waals surface area (Å²) in [7, 11) is 0. The van der Waals surface area contributed by atoms with E-state index < -0.39 is 6.09 Å². The molecular weight excluding hydrogens is 278 g/mol. The monoisotopic (exact) mass is 293 g/mol. The molecule has 106 valence electrons. The number of benzene rings is 1. The zero-order chi connectivity index (χ0) is 14.2. The van der Waals surface area contributed by atoms with Gasteiger partial charge in [0.05, 0.1) is 6.33 Å². The predicted molar refractivity (Wildman–Crippen MR) is 76.5 cm³/mol. The second kappa shape index (κ2) is 7.55. The standard InChI is InChI=1S/C14H16ClN3O2/c15-13-9-18(11-17-13)8-4-7-16-14(19)20-10-12-5-2-1-3-6-12/h1-3,5-6,9,11H,4,7-8,10H2,(H,16,19). The lowest BCUT2D eigenvalue weighted by Crippen LogP contribution is -2.25. The number of carbonyl (C=O) groups is 1. The Morgan fingerprint density at radius 3 is 2.85 bits per heavy atom. The number of aryl methyl sites for hydroxylation is 1. The highest BCUT2D eigenvalue weighted by Crippen LogP contribution is 2.03. The van der Waals surface area contributed by atoms with Crippen LogP contribution >= 0.6 is 11.6 Å². The summed E-state index contributed by atoms with van der Waals surface area (Å²) in [5.74, 6) is 0. The van der Waals surface area contributed by atoms with Crippen LogP contribution in [-0.4, -0.2) is 22.2 Å². The van der Waals surface area contributed by atoms with Gasteiger partial charge in [0, 0.05) is 19.3 Å². The van der Waals surface area contributed by atoms with Gasteiger partial charge in [-0.05, 0) is 12.0 Å². The summed E-state index contributed by atoms with van der Waals surface area (Å²) >= 11 is 5.70. The molecule has 2 rings (SSSR count). The fourth-order valence-electron chi connectivity index (χ4n) is 1.68. The van der Waals surface area contributed by atoms with E-state index in [0.29, 0.717) is 11.7 Å². The van der Waals surface area contributed by atoms with Gasteiger partial charge >= 0.3 is 6.09 Å². The summed E-state index contributed by atoms with van der Waals surface area (Å²) in [4.78, 5) is 15.4. The van der Waals surface area contributed by atoms with E-state index in [1.165, 1.54) is 0 Å². The number of nitrogens with one attached hydrogen (secondary N) is 1. The highest BCUT2D eigenvalue weighted by Gasteiger charge is 2.02. The zero-order valence-electron chi connectivity index (χ0n) is 11.0. The van der Waals surface area contributed by atoms with Gasteiger partial charge in [0.2, 0.25) is 0 Å². The first-order chi connectivity index (χ1) is 9.74. The van der Waals surface area contributed by atoms with Crippen molar-refractivity contribution in [2.24, 2.45) is 0 Å². The first kappa shape index (κ1) is 14.4. The predicted octanol–water partition coefficient (Wildman–Crippen LogP) is 2.85. The van der Waals surface area contributed by atoms with Gasteiger partial charge in [-0.2, -0.15) is 0 Å². The number of nitrogens with zero attached hydrogens (tertiary/aromatic N) is 2. The third kappa shape index (κ3) is 4.93. The minimum atomic E-state index is -0.405. The fourth-order valence-corrected chi connectivity index (χ4v) is 1.85. The van der Waals surface area contributed by atoms with E-state index in [1.54, 1.807) is 12.5 Å². The van der Waals surface area contributed by atoms with E-state index in [9.17, 15) is 4.79 Å². The lowest BCUT2D eigenvalue weighted by atomic mass is 10.2. The molecule has 0 saturated carbocycles. The molecule has 1 heterocycles. The Balaban J connectivity index is 1.58. The summed E-state index contributed by atoms with van der Waals surface area (Å²) in [6.45, 7) is 1.58. The van der Waals surface area contributed by atoms with Gasteiger partial charge in [0.1, 0.15) is 11.8 Å². The van der Waals surface area contributed by atoms with Gasteiger partial charge in [0.15, 0.2) is 0 Å². The van der Waals surface area contributed by atoms with E-state index in [1.807, 2.05) is 34.9 Å². The molecule has 1 aromatic heterocycles. The number of ether oxygens (including phenoxy) is 1.